The standard InChI is InChI=1S/C13H15F6NS/c1-2-11(8-21-13(17,18)19)20-7-9-4-3-5-10(6-9)12(14,15)16/h3-6,11,20H,2,7-8H2,1H3. The molecule has 0 saturated heterocycles. The van der Waals surface area contributed by atoms with Gasteiger partial charge in [0.1, 0.15) is 0 Å². The molecule has 0 bridgehead atoms. The van der Waals surface area contributed by atoms with Gasteiger partial charge in [0, 0.05) is 18.3 Å². The molecule has 0 fully saturated rings. The average molecular weight is 331 g/mol. The van der Waals surface area contributed by atoms with Gasteiger partial charge >= 0.3 is 11.7 Å². The van der Waals surface area contributed by atoms with E-state index in [1.165, 1.54) is 12.1 Å². The largest absolute Gasteiger partial charge is 0.441 e. The van der Waals surface area contributed by atoms with Crippen molar-refractivity contribution in [2.45, 2.75) is 37.6 Å². The molecule has 0 spiro atoms. The molecule has 0 aliphatic heterocycles. The quantitative estimate of drug-likeness (QED) is 0.750. The molecular weight excluding hydrogens is 316 g/mol. The van der Waals surface area contributed by atoms with E-state index in [0.29, 0.717) is 12.0 Å². The Kier molecular flexibility index (Phi) is 6.40. The average Bonchev–Trinajstić information content (AvgIpc) is 2.37. The SMILES string of the molecule is CCC(CSC(F)(F)F)NCc1cccc(C(F)(F)F)c1. The summed E-state index contributed by atoms with van der Waals surface area (Å²) in [6, 6.07) is 4.33. The number of thioether (sulfide) groups is 1. The minimum Gasteiger partial charge on any atom is -0.309 e. The first-order valence-corrected chi connectivity index (χ1v) is 7.20. The van der Waals surface area contributed by atoms with Crippen LogP contribution < -0.4 is 5.32 Å². The number of rotatable bonds is 6. The first-order valence-electron chi connectivity index (χ1n) is 6.22. The van der Waals surface area contributed by atoms with Gasteiger partial charge in [-0.1, -0.05) is 25.1 Å². The molecule has 1 unspecified atom stereocenters. The maximum absolute atomic E-state index is 12.5. The lowest BCUT2D eigenvalue weighted by atomic mass is 10.1. The Labute approximate surface area is 123 Å². The number of nitrogens with one attached hydrogen (secondary N) is 1. The third-order valence-corrected chi connectivity index (χ3v) is 3.69. The molecule has 0 heterocycles. The Hall–Kier alpha value is -0.890. The van der Waals surface area contributed by atoms with Gasteiger partial charge in [-0.3, -0.25) is 0 Å². The Morgan fingerprint density at radius 1 is 1.14 bits per heavy atom. The topological polar surface area (TPSA) is 12.0 Å². The van der Waals surface area contributed by atoms with Crippen LogP contribution in [-0.4, -0.2) is 17.3 Å². The van der Waals surface area contributed by atoms with Gasteiger partial charge in [-0.05, 0) is 29.8 Å². The lowest BCUT2D eigenvalue weighted by molar-refractivity contribution is -0.137. The molecule has 1 atom stereocenters. The van der Waals surface area contributed by atoms with Crippen LogP contribution in [-0.2, 0) is 12.7 Å². The molecule has 1 nitrogen and oxygen atoms in total. The summed E-state index contributed by atoms with van der Waals surface area (Å²) in [6.45, 7) is 1.82. The molecule has 0 radical (unpaired) electrons. The fourth-order valence-corrected chi connectivity index (χ4v) is 2.38. The lowest BCUT2D eigenvalue weighted by Crippen LogP contribution is -2.31. The highest BCUT2D eigenvalue weighted by Gasteiger charge is 2.31. The predicted molar refractivity (Wildman–Crippen MR) is 70.9 cm³/mol. The molecule has 0 aliphatic rings. The monoisotopic (exact) mass is 331 g/mol. The summed E-state index contributed by atoms with van der Waals surface area (Å²) in [5.74, 6) is -0.168. The molecule has 1 N–H and O–H groups in total. The van der Waals surface area contributed by atoms with Gasteiger partial charge in [0.25, 0.3) is 0 Å². The molecule has 8 heteroatoms. The zero-order valence-electron chi connectivity index (χ0n) is 11.2. The zero-order valence-corrected chi connectivity index (χ0v) is 12.0. The Morgan fingerprint density at radius 3 is 2.33 bits per heavy atom. The van der Waals surface area contributed by atoms with E-state index in [0.717, 1.165) is 12.1 Å². The van der Waals surface area contributed by atoms with Crippen LogP contribution in [0.3, 0.4) is 0 Å². The van der Waals surface area contributed by atoms with Crippen molar-refractivity contribution >= 4 is 11.8 Å². The summed E-state index contributed by atoms with van der Waals surface area (Å²) in [7, 11) is 0. The second-order valence-electron chi connectivity index (χ2n) is 4.44. The van der Waals surface area contributed by atoms with Crippen molar-refractivity contribution in [1.29, 1.82) is 0 Å². The number of halogens is 6. The van der Waals surface area contributed by atoms with Crippen LogP contribution in [0.15, 0.2) is 24.3 Å². The highest BCUT2D eigenvalue weighted by molar-refractivity contribution is 8.00. The Bertz CT molecular complexity index is 443. The molecule has 0 amide bonds. The van der Waals surface area contributed by atoms with Gasteiger partial charge in [0.05, 0.1) is 5.56 Å². The maximum Gasteiger partial charge on any atom is 0.441 e. The van der Waals surface area contributed by atoms with E-state index in [-0.39, 0.29) is 24.1 Å². The smallest absolute Gasteiger partial charge is 0.309 e. The van der Waals surface area contributed by atoms with Crippen LogP contribution >= 0.6 is 11.8 Å². The highest BCUT2D eigenvalue weighted by Crippen LogP contribution is 2.31. The van der Waals surface area contributed by atoms with Gasteiger partial charge in [0.2, 0.25) is 0 Å². The van der Waals surface area contributed by atoms with Crippen molar-refractivity contribution in [2.75, 3.05) is 5.75 Å². The van der Waals surface area contributed by atoms with E-state index >= 15 is 0 Å². The molecular formula is C13H15F6NS. The maximum atomic E-state index is 12.5. The van der Waals surface area contributed by atoms with Crippen LogP contribution in [0.2, 0.25) is 0 Å². The number of alkyl halides is 6. The summed E-state index contributed by atoms with van der Waals surface area (Å²) < 4.78 is 73.9. The summed E-state index contributed by atoms with van der Waals surface area (Å²) in [4.78, 5) is 0. The molecule has 1 aromatic rings. The van der Waals surface area contributed by atoms with Crippen molar-refractivity contribution in [1.82, 2.24) is 5.32 Å². The van der Waals surface area contributed by atoms with E-state index in [4.69, 9.17) is 0 Å². The van der Waals surface area contributed by atoms with E-state index in [1.807, 2.05) is 0 Å². The fourth-order valence-electron chi connectivity index (χ4n) is 1.64. The minimum atomic E-state index is -4.42. The molecule has 1 rings (SSSR count). The van der Waals surface area contributed by atoms with Gasteiger partial charge in [-0.25, -0.2) is 0 Å². The van der Waals surface area contributed by atoms with Crippen LogP contribution in [0, 0.1) is 0 Å². The molecule has 0 aromatic heterocycles. The van der Waals surface area contributed by atoms with E-state index < -0.39 is 23.3 Å². The van der Waals surface area contributed by atoms with Gasteiger partial charge < -0.3 is 5.32 Å². The lowest BCUT2D eigenvalue weighted by Gasteiger charge is -2.18. The number of hydrogen-bond acceptors (Lipinski definition) is 2. The van der Waals surface area contributed by atoms with E-state index in [2.05, 4.69) is 5.32 Å². The van der Waals surface area contributed by atoms with Crippen molar-refractivity contribution < 1.29 is 26.3 Å². The fraction of sp³-hybridized carbons (Fsp3) is 0.538. The summed E-state index contributed by atoms with van der Waals surface area (Å²) in [5.41, 5.74) is -4.68. The summed E-state index contributed by atoms with van der Waals surface area (Å²) in [6.07, 6.45) is -3.96. The van der Waals surface area contributed by atoms with E-state index in [9.17, 15) is 26.3 Å². The molecule has 21 heavy (non-hydrogen) atoms. The van der Waals surface area contributed by atoms with Crippen molar-refractivity contribution in [3.05, 3.63) is 35.4 Å². The van der Waals surface area contributed by atoms with Crippen LogP contribution in [0.5, 0.6) is 0 Å². The van der Waals surface area contributed by atoms with Gasteiger partial charge in [-0.15, -0.1) is 0 Å². The van der Waals surface area contributed by atoms with Gasteiger partial charge in [-0.2, -0.15) is 26.3 Å². The zero-order chi connectivity index (χ0) is 16.1. The van der Waals surface area contributed by atoms with Crippen LogP contribution in [0.4, 0.5) is 26.3 Å². The second-order valence-corrected chi connectivity index (χ2v) is 5.53. The third kappa shape index (κ3) is 7.08. The Balaban J connectivity index is 2.57. The van der Waals surface area contributed by atoms with Crippen LogP contribution in [0.1, 0.15) is 24.5 Å². The second kappa shape index (κ2) is 7.40. The van der Waals surface area contributed by atoms with Crippen molar-refractivity contribution in [2.24, 2.45) is 0 Å². The molecule has 120 valence electrons. The molecule has 1 aromatic carbocycles. The van der Waals surface area contributed by atoms with Crippen LogP contribution in [0.25, 0.3) is 0 Å². The van der Waals surface area contributed by atoms with Crippen molar-refractivity contribution in [3.8, 4) is 0 Å². The molecule has 0 saturated carbocycles. The van der Waals surface area contributed by atoms with Gasteiger partial charge in [0.15, 0.2) is 0 Å². The normalized spacial score (nSPS) is 14.2. The van der Waals surface area contributed by atoms with Crippen molar-refractivity contribution in [3.63, 3.8) is 0 Å². The minimum absolute atomic E-state index is 0.0981. The first-order chi connectivity index (χ1) is 9.62. The highest BCUT2D eigenvalue weighted by atomic mass is 32.2. The summed E-state index contributed by atoms with van der Waals surface area (Å²) in [5, 5.41) is 2.85. The van der Waals surface area contributed by atoms with E-state index in [1.54, 1.807) is 6.92 Å². The Morgan fingerprint density at radius 2 is 1.81 bits per heavy atom. The number of benzene rings is 1. The summed E-state index contributed by atoms with van der Waals surface area (Å²) >= 11 is -0.134. The first kappa shape index (κ1) is 18.2. The number of hydrogen-bond donors (Lipinski definition) is 1. The predicted octanol–water partition coefficient (Wildman–Crippen LogP) is 4.83. The molecule has 0 aliphatic carbocycles. The third-order valence-electron chi connectivity index (χ3n) is 2.79.